The number of carbonyl (C=O) groups excluding carboxylic acids is 1. The molecule has 0 aliphatic heterocycles. The summed E-state index contributed by atoms with van der Waals surface area (Å²) in [6.45, 7) is 8.88. The van der Waals surface area contributed by atoms with Gasteiger partial charge in [-0.15, -0.1) is 0 Å². The molecule has 0 amide bonds. The SMILES string of the molecule is CC(C)[C@@H](Nc1ncc(Cl)cc1[N+](=O)[O-])C(=O)OC(C)(C)C. The molecule has 0 aromatic carbocycles. The first-order valence-electron chi connectivity index (χ1n) is 6.80. The fraction of sp³-hybridized carbons (Fsp3) is 0.571. The van der Waals surface area contributed by atoms with Gasteiger partial charge in [0, 0.05) is 12.3 Å². The Kier molecular flexibility index (Phi) is 5.71. The van der Waals surface area contributed by atoms with Crippen molar-refractivity contribution in [3.8, 4) is 0 Å². The summed E-state index contributed by atoms with van der Waals surface area (Å²) in [4.78, 5) is 26.6. The molecule has 0 aliphatic carbocycles. The first-order valence-corrected chi connectivity index (χ1v) is 7.18. The van der Waals surface area contributed by atoms with Crippen LogP contribution in [0.3, 0.4) is 0 Å². The Hall–Kier alpha value is -1.89. The molecule has 0 saturated carbocycles. The number of nitrogens with zero attached hydrogens (tertiary/aromatic N) is 2. The van der Waals surface area contributed by atoms with Crippen molar-refractivity contribution < 1.29 is 14.5 Å². The molecule has 1 rings (SSSR count). The number of rotatable bonds is 5. The zero-order valence-electron chi connectivity index (χ0n) is 13.2. The molecule has 1 N–H and O–H groups in total. The van der Waals surface area contributed by atoms with E-state index in [1.165, 1.54) is 12.3 Å². The van der Waals surface area contributed by atoms with E-state index >= 15 is 0 Å². The zero-order chi connectivity index (χ0) is 17.1. The van der Waals surface area contributed by atoms with Gasteiger partial charge in [0.2, 0.25) is 5.82 Å². The van der Waals surface area contributed by atoms with Gasteiger partial charge in [-0.2, -0.15) is 0 Å². The molecule has 22 heavy (non-hydrogen) atoms. The van der Waals surface area contributed by atoms with E-state index in [1.807, 2.05) is 13.8 Å². The molecule has 8 heteroatoms. The van der Waals surface area contributed by atoms with E-state index in [4.69, 9.17) is 16.3 Å². The number of nitrogens with one attached hydrogen (secondary N) is 1. The predicted octanol–water partition coefficient (Wildman–Crippen LogP) is 3.42. The fourth-order valence-electron chi connectivity index (χ4n) is 1.69. The van der Waals surface area contributed by atoms with Crippen molar-refractivity contribution in [2.45, 2.75) is 46.3 Å². The molecule has 0 aliphatic rings. The van der Waals surface area contributed by atoms with Crippen LogP contribution >= 0.6 is 11.6 Å². The van der Waals surface area contributed by atoms with E-state index in [-0.39, 0.29) is 22.4 Å². The molecule has 1 heterocycles. The van der Waals surface area contributed by atoms with Crippen LogP contribution < -0.4 is 5.32 Å². The van der Waals surface area contributed by atoms with Crippen LogP contribution in [0.15, 0.2) is 12.3 Å². The van der Waals surface area contributed by atoms with E-state index < -0.39 is 22.5 Å². The summed E-state index contributed by atoms with van der Waals surface area (Å²) in [6.07, 6.45) is 1.28. The van der Waals surface area contributed by atoms with Crippen molar-refractivity contribution >= 4 is 29.1 Å². The summed E-state index contributed by atoms with van der Waals surface area (Å²) in [5, 5.41) is 14.0. The van der Waals surface area contributed by atoms with Gasteiger partial charge in [0.25, 0.3) is 0 Å². The second-order valence-electron chi connectivity index (χ2n) is 6.18. The van der Waals surface area contributed by atoms with E-state index in [1.54, 1.807) is 20.8 Å². The maximum absolute atomic E-state index is 12.2. The molecule has 0 unspecified atom stereocenters. The first-order chi connectivity index (χ1) is 10.0. The van der Waals surface area contributed by atoms with Gasteiger partial charge in [-0.3, -0.25) is 10.1 Å². The Labute approximate surface area is 134 Å². The van der Waals surface area contributed by atoms with Gasteiger partial charge < -0.3 is 10.1 Å². The van der Waals surface area contributed by atoms with Crippen LogP contribution in [0, 0.1) is 16.0 Å². The molecule has 0 spiro atoms. The average Bonchev–Trinajstić information content (AvgIpc) is 2.34. The second kappa shape index (κ2) is 6.91. The summed E-state index contributed by atoms with van der Waals surface area (Å²) in [5.41, 5.74) is -0.938. The minimum Gasteiger partial charge on any atom is -0.458 e. The number of nitro groups is 1. The lowest BCUT2D eigenvalue weighted by Crippen LogP contribution is -2.40. The van der Waals surface area contributed by atoms with Gasteiger partial charge in [0.15, 0.2) is 0 Å². The lowest BCUT2D eigenvalue weighted by Gasteiger charge is -2.26. The van der Waals surface area contributed by atoms with Crippen molar-refractivity contribution in [3.05, 3.63) is 27.4 Å². The Morgan fingerprint density at radius 3 is 2.50 bits per heavy atom. The first kappa shape index (κ1) is 18.2. The number of hydrogen-bond donors (Lipinski definition) is 1. The number of esters is 1. The molecule has 0 saturated heterocycles. The molecule has 1 atom stereocenters. The lowest BCUT2D eigenvalue weighted by molar-refractivity contribution is -0.384. The van der Waals surface area contributed by atoms with Gasteiger partial charge in [0.05, 0.1) is 9.95 Å². The number of carbonyl (C=O) groups is 1. The number of hydrogen-bond acceptors (Lipinski definition) is 6. The number of halogens is 1. The van der Waals surface area contributed by atoms with Crippen LogP contribution in [-0.4, -0.2) is 27.5 Å². The van der Waals surface area contributed by atoms with Crippen LogP contribution in [0.2, 0.25) is 5.02 Å². The molecule has 0 radical (unpaired) electrons. The molecule has 0 fully saturated rings. The number of pyridine rings is 1. The minimum absolute atomic E-state index is 0.0149. The van der Waals surface area contributed by atoms with E-state index in [2.05, 4.69) is 10.3 Å². The van der Waals surface area contributed by atoms with Gasteiger partial charge in [-0.25, -0.2) is 9.78 Å². The monoisotopic (exact) mass is 329 g/mol. The van der Waals surface area contributed by atoms with Crippen molar-refractivity contribution in [2.24, 2.45) is 5.92 Å². The molecule has 7 nitrogen and oxygen atoms in total. The molecular weight excluding hydrogens is 310 g/mol. The van der Waals surface area contributed by atoms with Gasteiger partial charge in [-0.1, -0.05) is 25.4 Å². The summed E-state index contributed by atoms with van der Waals surface area (Å²) < 4.78 is 5.33. The fourth-order valence-corrected chi connectivity index (χ4v) is 1.84. The smallest absolute Gasteiger partial charge is 0.329 e. The molecule has 0 bridgehead atoms. The molecule has 122 valence electrons. The van der Waals surface area contributed by atoms with E-state index in [9.17, 15) is 14.9 Å². The van der Waals surface area contributed by atoms with Gasteiger partial charge in [-0.05, 0) is 26.7 Å². The maximum atomic E-state index is 12.2. The summed E-state index contributed by atoms with van der Waals surface area (Å²) >= 11 is 5.72. The quantitative estimate of drug-likeness (QED) is 0.505. The van der Waals surface area contributed by atoms with Crippen LogP contribution in [-0.2, 0) is 9.53 Å². The standard InChI is InChI=1S/C14H20ClN3O4/c1-8(2)11(13(19)22-14(3,4)5)17-12-10(18(20)21)6-9(15)7-16-12/h6-8,11H,1-5H3,(H,16,17)/t11-/m1/s1. The Morgan fingerprint density at radius 1 is 1.45 bits per heavy atom. The highest BCUT2D eigenvalue weighted by Crippen LogP contribution is 2.27. The van der Waals surface area contributed by atoms with Crippen molar-refractivity contribution in [2.75, 3.05) is 5.32 Å². The van der Waals surface area contributed by atoms with E-state index in [0.29, 0.717) is 0 Å². The highest BCUT2D eigenvalue weighted by Gasteiger charge is 2.30. The predicted molar refractivity (Wildman–Crippen MR) is 84.0 cm³/mol. The summed E-state index contributed by atoms with van der Waals surface area (Å²) in [5.74, 6) is -0.653. The van der Waals surface area contributed by atoms with Crippen molar-refractivity contribution in [1.82, 2.24) is 4.98 Å². The number of anilines is 1. The maximum Gasteiger partial charge on any atom is 0.329 e. The van der Waals surface area contributed by atoms with Gasteiger partial charge >= 0.3 is 11.7 Å². The normalized spacial score (nSPS) is 12.9. The summed E-state index contributed by atoms with van der Waals surface area (Å²) in [6, 6.07) is 0.426. The highest BCUT2D eigenvalue weighted by atomic mass is 35.5. The van der Waals surface area contributed by atoms with Crippen molar-refractivity contribution in [1.29, 1.82) is 0 Å². The van der Waals surface area contributed by atoms with E-state index in [0.717, 1.165) is 0 Å². The third-order valence-electron chi connectivity index (χ3n) is 2.65. The minimum atomic E-state index is -0.758. The van der Waals surface area contributed by atoms with Crippen LogP contribution in [0.25, 0.3) is 0 Å². The summed E-state index contributed by atoms with van der Waals surface area (Å²) in [7, 11) is 0. The average molecular weight is 330 g/mol. The number of aromatic nitrogens is 1. The third-order valence-corrected chi connectivity index (χ3v) is 2.86. The molecule has 1 aromatic rings. The highest BCUT2D eigenvalue weighted by molar-refractivity contribution is 6.30. The Morgan fingerprint density at radius 2 is 2.05 bits per heavy atom. The second-order valence-corrected chi connectivity index (χ2v) is 6.61. The van der Waals surface area contributed by atoms with Crippen LogP contribution in [0.5, 0.6) is 0 Å². The third kappa shape index (κ3) is 5.14. The van der Waals surface area contributed by atoms with Gasteiger partial charge in [0.1, 0.15) is 11.6 Å². The largest absolute Gasteiger partial charge is 0.458 e. The topological polar surface area (TPSA) is 94.4 Å². The lowest BCUT2D eigenvalue weighted by atomic mass is 10.0. The molecular formula is C14H20ClN3O4. The zero-order valence-corrected chi connectivity index (χ0v) is 14.0. The Bertz CT molecular complexity index is 570. The van der Waals surface area contributed by atoms with Crippen LogP contribution in [0.1, 0.15) is 34.6 Å². The number of ether oxygens (including phenoxy) is 1. The van der Waals surface area contributed by atoms with Crippen LogP contribution in [0.4, 0.5) is 11.5 Å². The van der Waals surface area contributed by atoms with Crippen molar-refractivity contribution in [3.63, 3.8) is 0 Å². The molecule has 1 aromatic heterocycles. The Balaban J connectivity index is 3.07.